The fourth-order valence-corrected chi connectivity index (χ4v) is 4.04. The van der Waals surface area contributed by atoms with Gasteiger partial charge in [0.2, 0.25) is 0 Å². The smallest absolute Gasteiger partial charge is 0.267 e. The molecule has 3 atom stereocenters. The summed E-state index contributed by atoms with van der Waals surface area (Å²) in [6.07, 6.45) is 5.10. The van der Waals surface area contributed by atoms with Gasteiger partial charge in [-0.25, -0.2) is 5.43 Å². The third kappa shape index (κ3) is 3.11. The molecule has 2 fully saturated rings. The number of hydrogen-bond acceptors (Lipinski definition) is 4. The molecule has 1 amide bonds. The summed E-state index contributed by atoms with van der Waals surface area (Å²) in [4.78, 5) is 22.5. The Morgan fingerprint density at radius 3 is 2.70 bits per heavy atom. The van der Waals surface area contributed by atoms with E-state index in [1.807, 2.05) is 6.92 Å². The maximum absolute atomic E-state index is 12.2. The normalized spacial score (nSPS) is 26.3. The maximum atomic E-state index is 12.2. The van der Waals surface area contributed by atoms with Crippen molar-refractivity contribution in [2.24, 2.45) is 22.9 Å². The van der Waals surface area contributed by atoms with Crippen LogP contribution in [0.5, 0.6) is 0 Å². The van der Waals surface area contributed by atoms with Crippen molar-refractivity contribution in [3.05, 3.63) is 39.4 Å². The lowest BCUT2D eigenvalue weighted by molar-refractivity contribution is -0.385. The van der Waals surface area contributed by atoms with Gasteiger partial charge < -0.3 is 0 Å². The molecule has 2 aliphatic carbocycles. The minimum Gasteiger partial charge on any atom is -0.267 e. The summed E-state index contributed by atoms with van der Waals surface area (Å²) in [5, 5.41) is 15.1. The molecule has 6 nitrogen and oxygen atoms in total. The molecule has 0 spiro atoms. The molecule has 2 bridgehead atoms. The number of nitro groups is 1. The second-order valence-corrected chi connectivity index (χ2v) is 6.73. The van der Waals surface area contributed by atoms with E-state index in [-0.39, 0.29) is 11.6 Å². The Morgan fingerprint density at radius 2 is 2.13 bits per heavy atom. The highest BCUT2D eigenvalue weighted by Gasteiger charge is 2.40. The first kappa shape index (κ1) is 15.6. The molecule has 122 valence electrons. The Bertz CT molecular complexity index is 684. The van der Waals surface area contributed by atoms with Gasteiger partial charge in [0.15, 0.2) is 0 Å². The lowest BCUT2D eigenvalue weighted by atomic mass is 9.86. The second kappa shape index (κ2) is 6.10. The molecule has 0 aromatic heterocycles. The largest absolute Gasteiger partial charge is 0.272 e. The van der Waals surface area contributed by atoms with E-state index in [1.54, 1.807) is 6.92 Å². The first-order valence-corrected chi connectivity index (χ1v) is 8.05. The number of carbonyl (C=O) groups excluding carboxylic acids is 1. The number of hydrogen-bond donors (Lipinski definition) is 1. The molecule has 1 aromatic carbocycles. The summed E-state index contributed by atoms with van der Waals surface area (Å²) in [5.74, 6) is 1.73. The van der Waals surface area contributed by atoms with Crippen molar-refractivity contribution in [3.63, 3.8) is 0 Å². The Balaban J connectivity index is 1.66. The van der Waals surface area contributed by atoms with Crippen molar-refractivity contribution in [3.8, 4) is 0 Å². The van der Waals surface area contributed by atoms with Crippen molar-refractivity contribution < 1.29 is 9.72 Å². The Hall–Kier alpha value is -2.24. The molecule has 2 aliphatic rings. The predicted molar refractivity (Wildman–Crippen MR) is 87.3 cm³/mol. The molecular weight excluding hydrogens is 294 g/mol. The zero-order chi connectivity index (χ0) is 16.6. The van der Waals surface area contributed by atoms with Gasteiger partial charge >= 0.3 is 0 Å². The standard InChI is InChI=1S/C17H21N3O3/c1-10-7-14(5-6-16(10)20(22)23)17(21)19-18-11(2)15-9-12-3-4-13(15)8-12/h5-7,12-13,15H,3-4,8-9H2,1-2H3,(H,19,21)/b18-11-/t12-,13+,15-/m0/s1. The lowest BCUT2D eigenvalue weighted by Gasteiger charge is -2.21. The van der Waals surface area contributed by atoms with Crippen LogP contribution in [0.2, 0.25) is 0 Å². The molecular formula is C17H21N3O3. The van der Waals surface area contributed by atoms with E-state index in [1.165, 1.54) is 43.9 Å². The minimum atomic E-state index is -0.450. The number of nitrogens with one attached hydrogen (secondary N) is 1. The van der Waals surface area contributed by atoms with E-state index in [4.69, 9.17) is 0 Å². The number of hydrazone groups is 1. The molecule has 23 heavy (non-hydrogen) atoms. The molecule has 0 heterocycles. The highest BCUT2D eigenvalue weighted by Crippen LogP contribution is 2.48. The third-order valence-corrected chi connectivity index (χ3v) is 5.26. The lowest BCUT2D eigenvalue weighted by Crippen LogP contribution is -2.24. The average molecular weight is 315 g/mol. The number of nitro benzene ring substituents is 1. The van der Waals surface area contributed by atoms with E-state index >= 15 is 0 Å². The summed E-state index contributed by atoms with van der Waals surface area (Å²) < 4.78 is 0. The Morgan fingerprint density at radius 1 is 1.35 bits per heavy atom. The number of carbonyl (C=O) groups is 1. The van der Waals surface area contributed by atoms with Gasteiger partial charge in [0.05, 0.1) is 4.92 Å². The number of amides is 1. The number of nitrogens with zero attached hydrogens (tertiary/aromatic N) is 2. The maximum Gasteiger partial charge on any atom is 0.272 e. The van der Waals surface area contributed by atoms with E-state index in [9.17, 15) is 14.9 Å². The van der Waals surface area contributed by atoms with E-state index in [2.05, 4.69) is 10.5 Å². The average Bonchev–Trinajstić information content (AvgIpc) is 3.14. The van der Waals surface area contributed by atoms with Gasteiger partial charge in [-0.2, -0.15) is 5.10 Å². The van der Waals surface area contributed by atoms with Gasteiger partial charge in [-0.1, -0.05) is 6.42 Å². The summed E-state index contributed by atoms with van der Waals surface area (Å²) >= 11 is 0. The molecule has 1 aromatic rings. The van der Waals surface area contributed by atoms with Crippen molar-refractivity contribution in [1.82, 2.24) is 5.43 Å². The Kier molecular flexibility index (Phi) is 4.15. The van der Waals surface area contributed by atoms with Crippen molar-refractivity contribution in [2.45, 2.75) is 39.5 Å². The van der Waals surface area contributed by atoms with Gasteiger partial charge in [-0.15, -0.1) is 0 Å². The summed E-state index contributed by atoms with van der Waals surface area (Å²) in [7, 11) is 0. The van der Waals surface area contributed by atoms with E-state index < -0.39 is 4.92 Å². The summed E-state index contributed by atoms with van der Waals surface area (Å²) in [6, 6.07) is 4.34. The van der Waals surface area contributed by atoms with Gasteiger partial charge in [0.25, 0.3) is 11.6 Å². The second-order valence-electron chi connectivity index (χ2n) is 6.73. The fourth-order valence-electron chi connectivity index (χ4n) is 4.04. The van der Waals surface area contributed by atoms with Crippen molar-refractivity contribution in [2.75, 3.05) is 0 Å². The zero-order valence-corrected chi connectivity index (χ0v) is 13.4. The minimum absolute atomic E-state index is 0.0169. The van der Waals surface area contributed by atoms with Crippen molar-refractivity contribution in [1.29, 1.82) is 0 Å². The van der Waals surface area contributed by atoms with Crippen LogP contribution in [-0.4, -0.2) is 16.5 Å². The van der Waals surface area contributed by atoms with Gasteiger partial charge in [-0.3, -0.25) is 14.9 Å². The number of rotatable bonds is 4. The molecule has 3 rings (SSSR count). The predicted octanol–water partition coefficient (Wildman–Crippen LogP) is 3.45. The van der Waals surface area contributed by atoms with E-state index in [0.717, 1.165) is 17.5 Å². The Labute approximate surface area is 135 Å². The van der Waals surface area contributed by atoms with Crippen LogP contribution >= 0.6 is 0 Å². The van der Waals surface area contributed by atoms with Gasteiger partial charge in [0.1, 0.15) is 0 Å². The quantitative estimate of drug-likeness (QED) is 0.524. The SMILES string of the molecule is C/C(=N/NC(=O)c1ccc([N+](=O)[O-])c(C)c1)[C@@H]1C[C@H]2CC[C@@H]1C2. The molecule has 0 aliphatic heterocycles. The van der Waals surface area contributed by atoms with Crippen LogP contribution in [0.4, 0.5) is 5.69 Å². The van der Waals surface area contributed by atoms with Crippen LogP contribution in [0.15, 0.2) is 23.3 Å². The van der Waals surface area contributed by atoms with Gasteiger partial charge in [0, 0.05) is 28.8 Å². The molecule has 6 heteroatoms. The fraction of sp³-hybridized carbons (Fsp3) is 0.529. The first-order valence-electron chi connectivity index (χ1n) is 8.05. The first-order chi connectivity index (χ1) is 11.0. The van der Waals surface area contributed by atoms with Crippen LogP contribution in [-0.2, 0) is 0 Å². The molecule has 0 saturated heterocycles. The van der Waals surface area contributed by atoms with Gasteiger partial charge in [-0.05, 0) is 57.1 Å². The molecule has 1 N–H and O–H groups in total. The summed E-state index contributed by atoms with van der Waals surface area (Å²) in [6.45, 7) is 3.60. The molecule has 2 saturated carbocycles. The van der Waals surface area contributed by atoms with E-state index in [0.29, 0.717) is 17.0 Å². The molecule has 0 radical (unpaired) electrons. The highest BCUT2D eigenvalue weighted by molar-refractivity contribution is 5.96. The van der Waals surface area contributed by atoms with Crippen LogP contribution in [0.3, 0.4) is 0 Å². The zero-order valence-electron chi connectivity index (χ0n) is 13.4. The topological polar surface area (TPSA) is 84.6 Å². The molecule has 0 unspecified atom stereocenters. The van der Waals surface area contributed by atoms with Crippen molar-refractivity contribution >= 4 is 17.3 Å². The van der Waals surface area contributed by atoms with Crippen LogP contribution in [0, 0.1) is 34.8 Å². The highest BCUT2D eigenvalue weighted by atomic mass is 16.6. The van der Waals surface area contributed by atoms with Crippen LogP contribution < -0.4 is 5.43 Å². The number of fused-ring (bicyclic) bond motifs is 2. The van der Waals surface area contributed by atoms with Crippen LogP contribution in [0.1, 0.15) is 48.5 Å². The third-order valence-electron chi connectivity index (χ3n) is 5.26. The van der Waals surface area contributed by atoms with Crippen LogP contribution in [0.25, 0.3) is 0 Å². The number of aryl methyl sites for hydroxylation is 1. The summed E-state index contributed by atoms with van der Waals surface area (Å²) in [5.41, 5.74) is 4.45. The monoisotopic (exact) mass is 315 g/mol. The number of benzene rings is 1.